The highest BCUT2D eigenvalue weighted by Crippen LogP contribution is 2.49. The van der Waals surface area contributed by atoms with Gasteiger partial charge in [0.1, 0.15) is 34.1 Å². The maximum atomic E-state index is 11.6. The lowest BCUT2D eigenvalue weighted by Gasteiger charge is -2.31. The summed E-state index contributed by atoms with van der Waals surface area (Å²) in [7, 11) is 0. The van der Waals surface area contributed by atoms with E-state index >= 15 is 0 Å². The number of phenols is 4. The number of carbonyl (C=O) groups is 2. The van der Waals surface area contributed by atoms with Crippen LogP contribution in [0.1, 0.15) is 115 Å². The van der Waals surface area contributed by atoms with Gasteiger partial charge in [0.15, 0.2) is 0 Å². The smallest absolute Gasteiger partial charge is 0.339 e. The third-order valence-electron chi connectivity index (χ3n) is 9.15. The summed E-state index contributed by atoms with van der Waals surface area (Å²) in [6.07, 6.45) is 8.05. The minimum atomic E-state index is -1.19. The monoisotopic (exact) mass is 618 g/mol. The van der Waals surface area contributed by atoms with Crippen molar-refractivity contribution < 1.29 is 40.2 Å². The van der Waals surface area contributed by atoms with Gasteiger partial charge in [-0.1, -0.05) is 54.5 Å². The van der Waals surface area contributed by atoms with Crippen LogP contribution in [0.2, 0.25) is 0 Å². The van der Waals surface area contributed by atoms with Crippen LogP contribution in [0.25, 0.3) is 0 Å². The molecule has 0 amide bonds. The van der Waals surface area contributed by atoms with Crippen molar-refractivity contribution in [1.29, 1.82) is 0 Å². The van der Waals surface area contributed by atoms with E-state index in [0.717, 1.165) is 36.8 Å². The number of benzene rings is 2. The number of allylic oxidation sites excluding steroid dienone is 6. The van der Waals surface area contributed by atoms with Crippen LogP contribution in [-0.2, 0) is 6.42 Å². The molecule has 6 N–H and O–H groups in total. The highest BCUT2D eigenvalue weighted by Gasteiger charge is 2.34. The molecule has 0 aromatic heterocycles. The standard InChI is InChI=1S/C19H24O4.C18H22O4/c1-5-12-9-15(20)17(18(21)16(12)19(22)23)14-8-11(4)6-7-13(14)10(2)3;1-9(2)12-6-5-10(3)7-13(12)16-14(19)8-11(4)15(17(16)20)18(21)22/h8-9,13-14,20-21H,2,5-7H2,1,3-4H3,(H,22,23);7-8,12-13,19-20H,1,5-6H2,2-4H3,(H,21,22)/t13-,14+;12-,13?/m00/s1. The fraction of sp³-hybridized carbons (Fsp3) is 0.405. The number of aryl methyl sites for hydroxylation is 2. The summed E-state index contributed by atoms with van der Waals surface area (Å²) >= 11 is 0. The molecular weight excluding hydrogens is 572 g/mol. The van der Waals surface area contributed by atoms with Gasteiger partial charge in [-0.2, -0.15) is 0 Å². The van der Waals surface area contributed by atoms with Crippen molar-refractivity contribution in [2.24, 2.45) is 11.8 Å². The van der Waals surface area contributed by atoms with Crippen LogP contribution in [0.3, 0.4) is 0 Å². The van der Waals surface area contributed by atoms with Gasteiger partial charge in [-0.15, -0.1) is 0 Å². The first-order valence-electron chi connectivity index (χ1n) is 15.3. The molecule has 8 heteroatoms. The lowest BCUT2D eigenvalue weighted by Crippen LogP contribution is -2.18. The molecule has 45 heavy (non-hydrogen) atoms. The highest BCUT2D eigenvalue weighted by molar-refractivity contribution is 5.94. The average Bonchev–Trinajstić information content (AvgIpc) is 2.92. The molecule has 0 radical (unpaired) electrons. The largest absolute Gasteiger partial charge is 0.507 e. The van der Waals surface area contributed by atoms with Crippen LogP contribution >= 0.6 is 0 Å². The fourth-order valence-corrected chi connectivity index (χ4v) is 6.78. The van der Waals surface area contributed by atoms with E-state index in [1.165, 1.54) is 23.3 Å². The molecule has 0 bridgehead atoms. The molecule has 2 aromatic rings. The third kappa shape index (κ3) is 7.27. The summed E-state index contributed by atoms with van der Waals surface area (Å²) in [5, 5.41) is 60.5. The molecule has 0 heterocycles. The summed E-state index contributed by atoms with van der Waals surface area (Å²) < 4.78 is 0. The van der Waals surface area contributed by atoms with Crippen molar-refractivity contribution in [1.82, 2.24) is 0 Å². The van der Waals surface area contributed by atoms with Gasteiger partial charge in [0, 0.05) is 23.0 Å². The number of phenolic OH excluding ortho intramolecular Hbond substituents is 2. The minimum Gasteiger partial charge on any atom is -0.507 e. The molecule has 0 fully saturated rings. The van der Waals surface area contributed by atoms with Gasteiger partial charge >= 0.3 is 11.9 Å². The molecule has 8 nitrogen and oxygen atoms in total. The maximum Gasteiger partial charge on any atom is 0.339 e. The highest BCUT2D eigenvalue weighted by atomic mass is 16.4. The van der Waals surface area contributed by atoms with Crippen LogP contribution in [0, 0.1) is 18.8 Å². The van der Waals surface area contributed by atoms with E-state index in [0.29, 0.717) is 23.1 Å². The van der Waals surface area contributed by atoms with Crippen LogP contribution in [0.4, 0.5) is 0 Å². The second-order valence-corrected chi connectivity index (χ2v) is 12.6. The summed E-state index contributed by atoms with van der Waals surface area (Å²) in [4.78, 5) is 22.9. The minimum absolute atomic E-state index is 0.0495. The van der Waals surface area contributed by atoms with Crippen LogP contribution in [0.5, 0.6) is 23.0 Å². The van der Waals surface area contributed by atoms with Gasteiger partial charge in [-0.25, -0.2) is 9.59 Å². The van der Waals surface area contributed by atoms with E-state index in [9.17, 15) is 40.2 Å². The summed E-state index contributed by atoms with van der Waals surface area (Å²) in [6, 6.07) is 2.87. The van der Waals surface area contributed by atoms with Crippen molar-refractivity contribution in [3.8, 4) is 23.0 Å². The zero-order chi connectivity index (χ0) is 33.9. The summed E-state index contributed by atoms with van der Waals surface area (Å²) in [6.45, 7) is 19.2. The molecule has 4 atom stereocenters. The second-order valence-electron chi connectivity index (χ2n) is 12.6. The lowest BCUT2D eigenvalue weighted by atomic mass is 9.73. The Morgan fingerprint density at radius 3 is 1.51 bits per heavy atom. The zero-order valence-corrected chi connectivity index (χ0v) is 27.1. The predicted molar refractivity (Wildman–Crippen MR) is 176 cm³/mol. The molecule has 0 saturated carbocycles. The third-order valence-corrected chi connectivity index (χ3v) is 9.15. The SMILES string of the molecule is C=C(C)[C@@H]1CCC(C)=CC1c1c(O)cc(C)c(C(=O)O)c1O.C=C(C)[C@@H]1CCC(C)=C[C@H]1c1c(O)cc(CC)c(C(=O)O)c1O. The Balaban J connectivity index is 0.000000246. The molecule has 2 aliphatic rings. The first-order valence-corrected chi connectivity index (χ1v) is 15.3. The normalized spacial score (nSPS) is 21.1. The molecular formula is C37H46O8. The van der Waals surface area contributed by atoms with Gasteiger partial charge in [-0.05, 0) is 102 Å². The van der Waals surface area contributed by atoms with Crippen LogP contribution in [0.15, 0.2) is 59.7 Å². The molecule has 242 valence electrons. The van der Waals surface area contributed by atoms with Crippen molar-refractivity contribution >= 4 is 11.9 Å². The van der Waals surface area contributed by atoms with E-state index in [2.05, 4.69) is 13.2 Å². The first-order chi connectivity index (χ1) is 21.0. The van der Waals surface area contributed by atoms with E-state index in [1.54, 1.807) is 13.8 Å². The number of rotatable bonds is 7. The fourth-order valence-electron chi connectivity index (χ4n) is 6.78. The number of hydrogen-bond acceptors (Lipinski definition) is 6. The van der Waals surface area contributed by atoms with E-state index in [-0.39, 0.29) is 63.4 Å². The molecule has 0 aliphatic heterocycles. The first kappa shape index (κ1) is 35.0. The van der Waals surface area contributed by atoms with E-state index in [4.69, 9.17) is 0 Å². The number of aromatic carboxylic acids is 2. The zero-order valence-electron chi connectivity index (χ0n) is 27.1. The number of carboxylic acid groups (broad SMARTS) is 2. The van der Waals surface area contributed by atoms with Gasteiger partial charge in [0.2, 0.25) is 0 Å². The molecule has 0 spiro atoms. The Labute approximate surface area is 265 Å². The Morgan fingerprint density at radius 1 is 0.733 bits per heavy atom. The van der Waals surface area contributed by atoms with Crippen molar-refractivity contribution in [2.45, 2.75) is 85.5 Å². The Kier molecular flexibility index (Phi) is 11.0. The second kappa shape index (κ2) is 14.1. The molecule has 0 saturated heterocycles. The Bertz CT molecular complexity index is 1590. The number of carboxylic acids is 2. The number of hydrogen-bond donors (Lipinski definition) is 6. The van der Waals surface area contributed by atoms with Crippen molar-refractivity contribution in [3.05, 3.63) is 93.1 Å². The van der Waals surface area contributed by atoms with E-state index in [1.807, 2.05) is 39.8 Å². The quantitative estimate of drug-likeness (QED) is 0.169. The molecule has 2 aromatic carbocycles. The summed E-state index contributed by atoms with van der Waals surface area (Å²) in [5.74, 6) is -3.52. The molecule has 2 aliphatic carbocycles. The van der Waals surface area contributed by atoms with Crippen LogP contribution < -0.4 is 0 Å². The van der Waals surface area contributed by atoms with E-state index < -0.39 is 11.9 Å². The summed E-state index contributed by atoms with van der Waals surface area (Å²) in [5.41, 5.74) is 5.36. The lowest BCUT2D eigenvalue weighted by molar-refractivity contribution is 0.0680. The van der Waals surface area contributed by atoms with Gasteiger partial charge < -0.3 is 30.6 Å². The van der Waals surface area contributed by atoms with Crippen molar-refractivity contribution in [2.75, 3.05) is 0 Å². The van der Waals surface area contributed by atoms with Gasteiger partial charge in [-0.3, -0.25) is 0 Å². The predicted octanol–water partition coefficient (Wildman–Crippen LogP) is 8.49. The van der Waals surface area contributed by atoms with Crippen molar-refractivity contribution in [3.63, 3.8) is 0 Å². The number of aromatic hydroxyl groups is 4. The van der Waals surface area contributed by atoms with Gasteiger partial charge in [0.05, 0.1) is 0 Å². The Hall–Kier alpha value is -4.46. The topological polar surface area (TPSA) is 156 Å². The molecule has 4 rings (SSSR count). The Morgan fingerprint density at radius 2 is 1.13 bits per heavy atom. The van der Waals surface area contributed by atoms with Gasteiger partial charge in [0.25, 0.3) is 0 Å². The maximum absolute atomic E-state index is 11.6. The average molecular weight is 619 g/mol. The van der Waals surface area contributed by atoms with Crippen LogP contribution in [-0.4, -0.2) is 42.6 Å². The molecule has 1 unspecified atom stereocenters.